The number of nitrogens with zero attached hydrogens (tertiary/aromatic N) is 4. The highest BCUT2D eigenvalue weighted by atomic mass is 16.6. The van der Waals surface area contributed by atoms with E-state index in [1.165, 1.54) is 4.68 Å². The highest BCUT2D eigenvalue weighted by Crippen LogP contribution is 2.33. The van der Waals surface area contributed by atoms with Crippen LogP contribution in [-0.2, 0) is 9.53 Å². The topological polar surface area (TPSA) is 110 Å². The van der Waals surface area contributed by atoms with Crippen LogP contribution in [0.2, 0.25) is 0 Å². The standard InChI is InChI=1S/C34H30N4O6/c1-5-42-32(39)20-43-25-15-13-24(14-16-25)37-21(2)17-23(22(37)3)19-35-38-33(36-28-10-7-6-9-26(28)34(38)40)31-18-27-29(41-4)11-8-12-30(27)44-31/h6-19H,5,20H2,1-4H3. The average molecular weight is 591 g/mol. The number of hydrogen-bond acceptors (Lipinski definition) is 8. The average Bonchev–Trinajstić information content (AvgIpc) is 3.60. The molecule has 0 spiro atoms. The third-order valence-corrected chi connectivity index (χ3v) is 7.26. The maximum Gasteiger partial charge on any atom is 0.344 e. The van der Waals surface area contributed by atoms with Gasteiger partial charge in [-0.2, -0.15) is 9.78 Å². The van der Waals surface area contributed by atoms with Gasteiger partial charge < -0.3 is 23.2 Å². The smallest absolute Gasteiger partial charge is 0.344 e. The largest absolute Gasteiger partial charge is 0.496 e. The summed E-state index contributed by atoms with van der Waals surface area (Å²) in [5, 5.41) is 5.85. The molecule has 0 amide bonds. The van der Waals surface area contributed by atoms with Crippen LogP contribution in [0.1, 0.15) is 23.9 Å². The molecule has 3 aromatic carbocycles. The van der Waals surface area contributed by atoms with E-state index in [1.54, 1.807) is 50.6 Å². The van der Waals surface area contributed by atoms with E-state index >= 15 is 0 Å². The van der Waals surface area contributed by atoms with Crippen LogP contribution in [0.4, 0.5) is 0 Å². The van der Waals surface area contributed by atoms with Gasteiger partial charge in [0.05, 0.1) is 36.2 Å². The molecular formula is C34H30N4O6. The molecule has 3 heterocycles. The molecule has 0 N–H and O–H groups in total. The molecule has 10 nitrogen and oxygen atoms in total. The van der Waals surface area contributed by atoms with Crippen molar-refractivity contribution in [1.82, 2.24) is 14.2 Å². The van der Waals surface area contributed by atoms with Gasteiger partial charge in [0.1, 0.15) is 17.1 Å². The van der Waals surface area contributed by atoms with E-state index in [2.05, 4.69) is 9.67 Å². The van der Waals surface area contributed by atoms with Gasteiger partial charge in [0, 0.05) is 22.6 Å². The zero-order chi connectivity index (χ0) is 30.8. The van der Waals surface area contributed by atoms with Gasteiger partial charge in [0.15, 0.2) is 12.4 Å². The second-order valence-corrected chi connectivity index (χ2v) is 10.0. The molecular weight excluding hydrogens is 560 g/mol. The molecule has 44 heavy (non-hydrogen) atoms. The second-order valence-electron chi connectivity index (χ2n) is 10.0. The van der Waals surface area contributed by atoms with Crippen molar-refractivity contribution in [2.75, 3.05) is 20.3 Å². The number of fused-ring (bicyclic) bond motifs is 2. The molecule has 0 saturated heterocycles. The lowest BCUT2D eigenvalue weighted by molar-refractivity contribution is -0.145. The summed E-state index contributed by atoms with van der Waals surface area (Å²) in [4.78, 5) is 30.1. The molecule has 3 aromatic heterocycles. The maximum absolute atomic E-state index is 13.7. The lowest BCUT2D eigenvalue weighted by Gasteiger charge is -2.11. The summed E-state index contributed by atoms with van der Waals surface area (Å²) in [7, 11) is 1.60. The van der Waals surface area contributed by atoms with E-state index in [9.17, 15) is 9.59 Å². The molecule has 0 aliphatic rings. The van der Waals surface area contributed by atoms with Crippen molar-refractivity contribution in [1.29, 1.82) is 0 Å². The number of benzene rings is 3. The van der Waals surface area contributed by atoms with Crippen molar-refractivity contribution < 1.29 is 23.4 Å². The van der Waals surface area contributed by atoms with Crippen LogP contribution in [-0.4, -0.2) is 46.7 Å². The predicted molar refractivity (Wildman–Crippen MR) is 168 cm³/mol. The van der Waals surface area contributed by atoms with Crippen LogP contribution < -0.4 is 15.0 Å². The second kappa shape index (κ2) is 11.9. The Morgan fingerprint density at radius 2 is 1.80 bits per heavy atom. The minimum absolute atomic E-state index is 0.151. The highest BCUT2D eigenvalue weighted by Gasteiger charge is 2.18. The van der Waals surface area contributed by atoms with E-state index in [0.29, 0.717) is 40.4 Å². The third-order valence-electron chi connectivity index (χ3n) is 7.26. The molecule has 0 fully saturated rings. The van der Waals surface area contributed by atoms with Crippen LogP contribution in [0.3, 0.4) is 0 Å². The number of hydrogen-bond donors (Lipinski definition) is 0. The van der Waals surface area contributed by atoms with Gasteiger partial charge in [-0.05, 0) is 81.4 Å². The number of rotatable bonds is 9. The summed E-state index contributed by atoms with van der Waals surface area (Å²) in [5.41, 5.74) is 4.45. The normalized spacial score (nSPS) is 11.5. The number of ether oxygens (including phenoxy) is 3. The minimum Gasteiger partial charge on any atom is -0.496 e. The Morgan fingerprint density at radius 3 is 2.57 bits per heavy atom. The maximum atomic E-state index is 13.7. The Kier molecular flexibility index (Phi) is 7.72. The molecule has 0 saturated carbocycles. The monoisotopic (exact) mass is 590 g/mol. The molecule has 0 radical (unpaired) electrons. The molecule has 0 bridgehead atoms. The first-order chi connectivity index (χ1) is 21.4. The van der Waals surface area contributed by atoms with Gasteiger partial charge in [-0.1, -0.05) is 18.2 Å². The van der Waals surface area contributed by atoms with Crippen molar-refractivity contribution in [2.45, 2.75) is 20.8 Å². The summed E-state index contributed by atoms with van der Waals surface area (Å²) in [6.07, 6.45) is 1.65. The first kappa shape index (κ1) is 28.5. The Hall–Kier alpha value is -5.64. The van der Waals surface area contributed by atoms with Gasteiger partial charge in [-0.25, -0.2) is 9.78 Å². The number of aryl methyl sites for hydroxylation is 1. The number of para-hydroxylation sites is 1. The minimum atomic E-state index is -0.415. The third kappa shape index (κ3) is 5.33. The summed E-state index contributed by atoms with van der Waals surface area (Å²) in [6, 6.07) is 23.9. The van der Waals surface area contributed by atoms with Gasteiger partial charge >= 0.3 is 5.97 Å². The fourth-order valence-corrected chi connectivity index (χ4v) is 5.18. The zero-order valence-electron chi connectivity index (χ0n) is 24.7. The van der Waals surface area contributed by atoms with Crippen molar-refractivity contribution in [2.24, 2.45) is 5.10 Å². The molecule has 0 aliphatic heterocycles. The molecule has 0 atom stereocenters. The first-order valence-corrected chi connectivity index (χ1v) is 14.1. The van der Waals surface area contributed by atoms with Crippen molar-refractivity contribution in [3.8, 4) is 28.8 Å². The molecule has 0 aliphatic carbocycles. The van der Waals surface area contributed by atoms with Crippen LogP contribution in [0.5, 0.6) is 11.5 Å². The van der Waals surface area contributed by atoms with Crippen LogP contribution in [0.15, 0.2) is 93.2 Å². The lowest BCUT2D eigenvalue weighted by atomic mass is 10.2. The van der Waals surface area contributed by atoms with Crippen LogP contribution in [0.25, 0.3) is 39.1 Å². The fraction of sp³-hybridized carbons (Fsp3) is 0.176. The van der Waals surface area contributed by atoms with E-state index in [-0.39, 0.29) is 18.0 Å². The number of carbonyl (C=O) groups is 1. The number of methoxy groups -OCH3 is 1. The lowest BCUT2D eigenvalue weighted by Crippen LogP contribution is -2.20. The molecule has 0 unspecified atom stereocenters. The molecule has 10 heteroatoms. The number of aromatic nitrogens is 3. The zero-order valence-corrected chi connectivity index (χ0v) is 24.7. The Bertz CT molecular complexity index is 2090. The van der Waals surface area contributed by atoms with Crippen molar-refractivity contribution in [3.05, 3.63) is 106 Å². The Labute approximate surface area is 252 Å². The van der Waals surface area contributed by atoms with E-state index < -0.39 is 5.97 Å². The van der Waals surface area contributed by atoms with E-state index in [4.69, 9.17) is 23.6 Å². The molecule has 222 valence electrons. The SMILES string of the molecule is CCOC(=O)COc1ccc(-n2c(C)cc(C=Nn3c(-c4cc5c(OC)cccc5o4)nc4ccccc4c3=O)c2C)cc1. The highest BCUT2D eigenvalue weighted by molar-refractivity contribution is 5.89. The van der Waals surface area contributed by atoms with Gasteiger partial charge in [0.2, 0.25) is 5.82 Å². The van der Waals surface area contributed by atoms with Gasteiger partial charge in [0.25, 0.3) is 5.56 Å². The first-order valence-electron chi connectivity index (χ1n) is 14.1. The van der Waals surface area contributed by atoms with Gasteiger partial charge in [-0.3, -0.25) is 4.79 Å². The summed E-state index contributed by atoms with van der Waals surface area (Å²) in [6.45, 7) is 5.88. The van der Waals surface area contributed by atoms with E-state index in [0.717, 1.165) is 28.0 Å². The molecule has 6 aromatic rings. The van der Waals surface area contributed by atoms with Crippen molar-refractivity contribution in [3.63, 3.8) is 0 Å². The van der Waals surface area contributed by atoms with E-state index in [1.807, 2.05) is 62.4 Å². The van der Waals surface area contributed by atoms with Crippen LogP contribution in [0, 0.1) is 13.8 Å². The predicted octanol–water partition coefficient (Wildman–Crippen LogP) is 6.05. The van der Waals surface area contributed by atoms with Crippen LogP contribution >= 0.6 is 0 Å². The molecule has 6 rings (SSSR count). The number of furan rings is 1. The summed E-state index contributed by atoms with van der Waals surface area (Å²) in [5.74, 6) is 1.46. The Balaban J connectivity index is 1.37. The number of carbonyl (C=O) groups excluding carboxylic acids is 1. The summed E-state index contributed by atoms with van der Waals surface area (Å²) < 4.78 is 25.4. The fourth-order valence-electron chi connectivity index (χ4n) is 5.18. The Morgan fingerprint density at radius 1 is 1.00 bits per heavy atom. The van der Waals surface area contributed by atoms with Crippen molar-refractivity contribution >= 4 is 34.1 Å². The quantitative estimate of drug-likeness (QED) is 0.149. The summed E-state index contributed by atoms with van der Waals surface area (Å²) >= 11 is 0. The number of esters is 1. The van der Waals surface area contributed by atoms with Gasteiger partial charge in [-0.15, -0.1) is 0 Å².